The van der Waals surface area contributed by atoms with E-state index in [1.54, 1.807) is 0 Å². The standard InChI is InChI=1S/C31H55N7O3Si/c1-5-41-30(39)8-6-16-36(25-29-34-15-21-38(29)27-40-22-23-42(2,3)4)24-28-33-14-20-37(28)18-7-17-35-19-11-31(26-35)9-12-32-13-10-31/h14-15,20-21,32H,5-13,16-19,22-27H2,1-4H3. The number of hydrogen-bond acceptors (Lipinski definition) is 8. The molecule has 4 rings (SSSR count). The van der Waals surface area contributed by atoms with E-state index in [4.69, 9.17) is 14.5 Å². The Kier molecular flexibility index (Phi) is 12.6. The topological polar surface area (TPSA) is 89.7 Å². The Morgan fingerprint density at radius 3 is 2.45 bits per heavy atom. The van der Waals surface area contributed by atoms with E-state index in [9.17, 15) is 4.79 Å². The van der Waals surface area contributed by atoms with Crippen LogP contribution in [-0.2, 0) is 40.6 Å². The predicted molar refractivity (Wildman–Crippen MR) is 169 cm³/mol. The lowest BCUT2D eigenvalue weighted by Crippen LogP contribution is -2.38. The number of nitrogens with one attached hydrogen (secondary N) is 1. The smallest absolute Gasteiger partial charge is 0.305 e. The molecule has 2 fully saturated rings. The number of rotatable bonds is 18. The molecular formula is C31H55N7O3Si. The third-order valence-corrected chi connectivity index (χ3v) is 10.5. The van der Waals surface area contributed by atoms with E-state index in [0.717, 1.165) is 56.8 Å². The molecule has 0 bridgehead atoms. The van der Waals surface area contributed by atoms with E-state index < -0.39 is 8.07 Å². The molecule has 2 saturated heterocycles. The molecule has 0 saturated carbocycles. The molecular weight excluding hydrogens is 546 g/mol. The summed E-state index contributed by atoms with van der Waals surface area (Å²) < 4.78 is 15.6. The Hall–Kier alpha value is -2.05. The van der Waals surface area contributed by atoms with E-state index in [0.29, 0.717) is 38.3 Å². The zero-order valence-corrected chi connectivity index (χ0v) is 27.7. The van der Waals surface area contributed by atoms with Crippen molar-refractivity contribution in [2.45, 2.75) is 97.5 Å². The molecule has 236 valence electrons. The number of aromatic nitrogens is 4. The van der Waals surface area contributed by atoms with Crippen LogP contribution in [0.4, 0.5) is 0 Å². The van der Waals surface area contributed by atoms with Crippen LogP contribution in [0.2, 0.25) is 25.7 Å². The van der Waals surface area contributed by atoms with Crippen molar-refractivity contribution < 1.29 is 14.3 Å². The first-order valence-electron chi connectivity index (χ1n) is 16.1. The maximum absolute atomic E-state index is 12.0. The predicted octanol–water partition coefficient (Wildman–Crippen LogP) is 4.20. The maximum Gasteiger partial charge on any atom is 0.305 e. The first-order chi connectivity index (χ1) is 20.3. The Bertz CT molecular complexity index is 1080. The summed E-state index contributed by atoms with van der Waals surface area (Å²) in [5, 5.41) is 3.52. The molecule has 2 aromatic rings. The van der Waals surface area contributed by atoms with Gasteiger partial charge in [-0.2, -0.15) is 0 Å². The van der Waals surface area contributed by atoms with Crippen LogP contribution in [0.3, 0.4) is 0 Å². The summed E-state index contributed by atoms with van der Waals surface area (Å²) in [6, 6.07) is 1.15. The van der Waals surface area contributed by atoms with Crippen LogP contribution in [0, 0.1) is 5.41 Å². The van der Waals surface area contributed by atoms with Crippen LogP contribution in [0.15, 0.2) is 24.8 Å². The third kappa shape index (κ3) is 10.6. The van der Waals surface area contributed by atoms with Crippen LogP contribution in [0.1, 0.15) is 57.1 Å². The van der Waals surface area contributed by atoms with Crippen LogP contribution in [0.5, 0.6) is 0 Å². The minimum absolute atomic E-state index is 0.135. The molecule has 10 nitrogen and oxygen atoms in total. The number of likely N-dealkylation sites (tertiary alicyclic amines) is 1. The second kappa shape index (κ2) is 16.1. The van der Waals surface area contributed by atoms with Crippen molar-refractivity contribution in [1.29, 1.82) is 0 Å². The fourth-order valence-electron chi connectivity index (χ4n) is 6.19. The van der Waals surface area contributed by atoms with Crippen molar-refractivity contribution >= 4 is 14.0 Å². The van der Waals surface area contributed by atoms with Crippen LogP contribution in [0.25, 0.3) is 0 Å². The van der Waals surface area contributed by atoms with Crippen molar-refractivity contribution in [2.75, 3.05) is 52.5 Å². The Morgan fingerprint density at radius 2 is 1.74 bits per heavy atom. The fourth-order valence-corrected chi connectivity index (χ4v) is 6.95. The van der Waals surface area contributed by atoms with Gasteiger partial charge in [-0.05, 0) is 83.2 Å². The molecule has 1 spiro atoms. The van der Waals surface area contributed by atoms with Crippen molar-refractivity contribution in [1.82, 2.24) is 34.2 Å². The van der Waals surface area contributed by atoms with Gasteiger partial charge < -0.3 is 28.8 Å². The van der Waals surface area contributed by atoms with Crippen molar-refractivity contribution in [3.63, 3.8) is 0 Å². The number of ether oxygens (including phenoxy) is 2. The molecule has 4 heterocycles. The van der Waals surface area contributed by atoms with Gasteiger partial charge in [-0.25, -0.2) is 9.97 Å². The molecule has 1 N–H and O–H groups in total. The van der Waals surface area contributed by atoms with Crippen molar-refractivity contribution in [2.24, 2.45) is 5.41 Å². The average Bonchev–Trinajstić information content (AvgIpc) is 3.68. The Morgan fingerprint density at radius 1 is 1.02 bits per heavy atom. The minimum Gasteiger partial charge on any atom is -0.466 e. The lowest BCUT2D eigenvalue weighted by molar-refractivity contribution is -0.143. The first-order valence-corrected chi connectivity index (χ1v) is 19.8. The molecule has 0 unspecified atom stereocenters. The highest BCUT2D eigenvalue weighted by atomic mass is 28.3. The summed E-state index contributed by atoms with van der Waals surface area (Å²) >= 11 is 0. The van der Waals surface area contributed by atoms with Gasteiger partial charge in [-0.1, -0.05) is 19.6 Å². The summed E-state index contributed by atoms with van der Waals surface area (Å²) in [7, 11) is -1.13. The van der Waals surface area contributed by atoms with Gasteiger partial charge in [0.2, 0.25) is 0 Å². The number of piperidine rings is 1. The quantitative estimate of drug-likeness (QED) is 0.155. The summed E-state index contributed by atoms with van der Waals surface area (Å²) in [4.78, 5) is 26.4. The van der Waals surface area contributed by atoms with E-state index in [1.165, 1.54) is 45.4 Å². The third-order valence-electron chi connectivity index (χ3n) is 8.78. The Labute approximate surface area is 254 Å². The van der Waals surface area contributed by atoms with E-state index in [1.807, 2.05) is 25.5 Å². The molecule has 0 amide bonds. The zero-order valence-electron chi connectivity index (χ0n) is 26.7. The number of nitrogens with zero attached hydrogens (tertiary/aromatic N) is 6. The van der Waals surface area contributed by atoms with Gasteiger partial charge in [0.1, 0.15) is 18.4 Å². The van der Waals surface area contributed by atoms with Gasteiger partial charge in [-0.15, -0.1) is 0 Å². The molecule has 2 aromatic heterocycles. The summed E-state index contributed by atoms with van der Waals surface area (Å²) in [6.45, 7) is 19.8. The molecule has 11 heteroatoms. The largest absolute Gasteiger partial charge is 0.466 e. The summed E-state index contributed by atoms with van der Waals surface area (Å²) in [6.07, 6.45) is 14.1. The van der Waals surface area contributed by atoms with Crippen LogP contribution in [-0.4, -0.2) is 95.4 Å². The van der Waals surface area contributed by atoms with Gasteiger partial charge in [0.05, 0.1) is 19.7 Å². The lowest BCUT2D eigenvalue weighted by Gasteiger charge is -2.34. The summed E-state index contributed by atoms with van der Waals surface area (Å²) in [5.41, 5.74) is 0.556. The number of hydrogen-bond donors (Lipinski definition) is 1. The van der Waals surface area contributed by atoms with Gasteiger partial charge in [0.15, 0.2) is 0 Å². The normalized spacial score (nSPS) is 17.5. The highest BCUT2D eigenvalue weighted by Gasteiger charge is 2.38. The Balaban J connectivity index is 1.31. The molecule has 0 radical (unpaired) electrons. The molecule has 2 aliphatic heterocycles. The lowest BCUT2D eigenvalue weighted by atomic mass is 9.78. The van der Waals surface area contributed by atoms with Gasteiger partial charge >= 0.3 is 5.97 Å². The minimum atomic E-state index is -1.13. The van der Waals surface area contributed by atoms with Crippen molar-refractivity contribution in [3.05, 3.63) is 36.4 Å². The highest BCUT2D eigenvalue weighted by Crippen LogP contribution is 2.38. The number of carbonyl (C=O) groups excluding carboxylic acids is 1. The van der Waals surface area contributed by atoms with E-state index in [2.05, 4.69) is 55.1 Å². The van der Waals surface area contributed by atoms with Gasteiger partial charge in [0, 0.05) is 59.0 Å². The zero-order chi connectivity index (χ0) is 29.8. The van der Waals surface area contributed by atoms with Gasteiger partial charge in [0.25, 0.3) is 0 Å². The second-order valence-electron chi connectivity index (χ2n) is 13.4. The fraction of sp³-hybridized carbons (Fsp3) is 0.774. The molecule has 0 atom stereocenters. The average molecular weight is 602 g/mol. The number of imidazole rings is 2. The number of esters is 1. The number of carbonyl (C=O) groups is 1. The second-order valence-corrected chi connectivity index (χ2v) is 19.1. The van der Waals surface area contributed by atoms with Crippen LogP contribution < -0.4 is 5.32 Å². The SMILES string of the molecule is CCOC(=O)CCCN(Cc1nccn1CCCN1CCC2(CCNCC2)C1)Cc1nccn1COCC[Si](C)(C)C. The highest BCUT2D eigenvalue weighted by molar-refractivity contribution is 6.76. The molecule has 2 aliphatic rings. The maximum atomic E-state index is 12.0. The number of aryl methyl sites for hydroxylation is 1. The molecule has 0 aliphatic carbocycles. The summed E-state index contributed by atoms with van der Waals surface area (Å²) in [5.74, 6) is 1.90. The van der Waals surface area contributed by atoms with Crippen molar-refractivity contribution in [3.8, 4) is 0 Å². The van der Waals surface area contributed by atoms with Gasteiger partial charge in [-0.3, -0.25) is 9.69 Å². The molecule has 42 heavy (non-hydrogen) atoms. The van der Waals surface area contributed by atoms with E-state index in [-0.39, 0.29) is 5.97 Å². The monoisotopic (exact) mass is 601 g/mol. The molecule has 0 aromatic carbocycles. The van der Waals surface area contributed by atoms with E-state index >= 15 is 0 Å². The van der Waals surface area contributed by atoms with Crippen LogP contribution >= 0.6 is 0 Å². The first kappa shape index (κ1) is 32.9.